The van der Waals surface area contributed by atoms with Crippen molar-refractivity contribution in [2.24, 2.45) is 13.0 Å². The summed E-state index contributed by atoms with van der Waals surface area (Å²) in [6.07, 6.45) is 1.29. The van der Waals surface area contributed by atoms with E-state index in [4.69, 9.17) is 5.73 Å². The van der Waals surface area contributed by atoms with Crippen LogP contribution in [0.3, 0.4) is 0 Å². The van der Waals surface area contributed by atoms with E-state index in [9.17, 15) is 19.2 Å². The number of Topliss-reactive ketones (excluding diaryl/α,β-unsaturated/α-hetero) is 1. The molecule has 1 aliphatic rings. The van der Waals surface area contributed by atoms with Crippen molar-refractivity contribution in [1.29, 1.82) is 0 Å². The van der Waals surface area contributed by atoms with E-state index in [1.165, 1.54) is 11.6 Å². The summed E-state index contributed by atoms with van der Waals surface area (Å²) in [5.74, 6) is -0.570. The number of hydrogen-bond acceptors (Lipinski definition) is 6. The van der Waals surface area contributed by atoms with Crippen molar-refractivity contribution >= 4 is 17.5 Å². The molecule has 0 atom stereocenters. The maximum absolute atomic E-state index is 13.1. The number of piperidine rings is 1. The zero-order valence-corrected chi connectivity index (χ0v) is 18.8. The Morgan fingerprint density at radius 1 is 1.12 bits per heavy atom. The number of likely N-dealkylation sites (tertiary alicyclic amines) is 1. The zero-order chi connectivity index (χ0) is 23.4. The lowest BCUT2D eigenvalue weighted by molar-refractivity contribution is -0.126. The molecule has 32 heavy (non-hydrogen) atoms. The topological polar surface area (TPSA) is 119 Å². The molecule has 1 aromatic heterocycles. The van der Waals surface area contributed by atoms with E-state index in [-0.39, 0.29) is 42.3 Å². The average molecular weight is 442 g/mol. The Morgan fingerprint density at radius 3 is 2.34 bits per heavy atom. The fourth-order valence-electron chi connectivity index (χ4n) is 4.00. The van der Waals surface area contributed by atoms with Gasteiger partial charge in [-0.15, -0.1) is 0 Å². The highest BCUT2D eigenvalue weighted by Gasteiger charge is 2.28. The van der Waals surface area contributed by atoms with Gasteiger partial charge in [0.1, 0.15) is 11.4 Å². The maximum atomic E-state index is 13.1. The summed E-state index contributed by atoms with van der Waals surface area (Å²) in [6.45, 7) is 5.18. The molecule has 1 fully saturated rings. The van der Waals surface area contributed by atoms with Crippen LogP contribution >= 0.6 is 0 Å². The lowest BCUT2D eigenvalue weighted by Crippen LogP contribution is -2.46. The molecule has 9 nitrogen and oxygen atoms in total. The number of anilines is 1. The van der Waals surface area contributed by atoms with E-state index in [0.29, 0.717) is 25.9 Å². The number of nitrogens with one attached hydrogen (secondary N) is 1. The summed E-state index contributed by atoms with van der Waals surface area (Å²) in [5.41, 5.74) is 5.59. The molecule has 2 aromatic rings. The zero-order valence-electron chi connectivity index (χ0n) is 18.8. The molecule has 0 bridgehead atoms. The Hall–Kier alpha value is -3.20. The van der Waals surface area contributed by atoms with Crippen molar-refractivity contribution in [3.05, 3.63) is 62.3 Å². The fourth-order valence-corrected chi connectivity index (χ4v) is 4.00. The van der Waals surface area contributed by atoms with Crippen molar-refractivity contribution in [2.45, 2.75) is 39.3 Å². The van der Waals surface area contributed by atoms with Crippen LogP contribution in [0, 0.1) is 5.92 Å². The second kappa shape index (κ2) is 9.95. The first-order valence-electron chi connectivity index (χ1n) is 10.9. The van der Waals surface area contributed by atoms with Crippen LogP contribution in [-0.4, -0.2) is 51.4 Å². The molecule has 1 amide bonds. The Morgan fingerprint density at radius 2 is 1.75 bits per heavy atom. The largest absolute Gasteiger partial charge is 0.384 e. The number of benzene rings is 1. The van der Waals surface area contributed by atoms with Crippen LogP contribution < -0.4 is 22.3 Å². The second-order valence-corrected chi connectivity index (χ2v) is 8.62. The number of rotatable bonds is 7. The third kappa shape index (κ3) is 5.16. The highest BCUT2D eigenvalue weighted by Crippen LogP contribution is 2.18. The van der Waals surface area contributed by atoms with Crippen molar-refractivity contribution in [1.82, 2.24) is 19.4 Å². The van der Waals surface area contributed by atoms with Gasteiger partial charge in [-0.1, -0.05) is 30.3 Å². The number of carbonyl (C=O) groups excluding carboxylic acids is 2. The number of amides is 1. The van der Waals surface area contributed by atoms with Gasteiger partial charge in [0, 0.05) is 19.0 Å². The summed E-state index contributed by atoms with van der Waals surface area (Å²) < 4.78 is 2.18. The van der Waals surface area contributed by atoms with Gasteiger partial charge in [0.05, 0.1) is 13.1 Å². The van der Waals surface area contributed by atoms with E-state index >= 15 is 0 Å². The van der Waals surface area contributed by atoms with Crippen LogP contribution in [0.4, 0.5) is 5.82 Å². The van der Waals surface area contributed by atoms with Gasteiger partial charge in [0.15, 0.2) is 5.78 Å². The first kappa shape index (κ1) is 23.5. The lowest BCUT2D eigenvalue weighted by Gasteiger charge is -2.31. The van der Waals surface area contributed by atoms with E-state index < -0.39 is 17.0 Å². The molecule has 1 aromatic carbocycles. The van der Waals surface area contributed by atoms with Crippen molar-refractivity contribution in [2.75, 3.05) is 25.4 Å². The van der Waals surface area contributed by atoms with Crippen LogP contribution in [0.1, 0.15) is 42.6 Å². The summed E-state index contributed by atoms with van der Waals surface area (Å²) in [4.78, 5) is 52.6. The number of carbonyl (C=O) groups is 2. The monoisotopic (exact) mass is 441 g/mol. The van der Waals surface area contributed by atoms with Crippen molar-refractivity contribution < 1.29 is 9.59 Å². The molecule has 0 unspecified atom stereocenters. The molecule has 0 saturated carbocycles. The van der Waals surface area contributed by atoms with E-state index in [1.807, 2.05) is 49.1 Å². The van der Waals surface area contributed by atoms with Crippen LogP contribution in [0.15, 0.2) is 39.9 Å². The van der Waals surface area contributed by atoms with Gasteiger partial charge >= 0.3 is 5.69 Å². The van der Waals surface area contributed by atoms with Crippen LogP contribution in [0.25, 0.3) is 0 Å². The summed E-state index contributed by atoms with van der Waals surface area (Å²) in [7, 11) is 1.35. The molecule has 3 rings (SSSR count). The third-order valence-corrected chi connectivity index (χ3v) is 5.80. The van der Waals surface area contributed by atoms with Gasteiger partial charge in [0.2, 0.25) is 5.91 Å². The SMILES string of the molecule is CC(C)NC(=O)C1CCN(CC(=O)c2c(N)n(Cc3ccccc3)c(=O)n(C)c2=O)CC1. The molecular weight excluding hydrogens is 410 g/mol. The average Bonchev–Trinajstić information content (AvgIpc) is 2.76. The molecule has 0 radical (unpaired) electrons. The molecule has 3 N–H and O–H groups in total. The third-order valence-electron chi connectivity index (χ3n) is 5.80. The van der Waals surface area contributed by atoms with Crippen LogP contribution in [-0.2, 0) is 18.4 Å². The Labute approximate surface area is 186 Å². The molecular formula is C23H31N5O4. The van der Waals surface area contributed by atoms with E-state index in [1.54, 1.807) is 0 Å². The minimum Gasteiger partial charge on any atom is -0.384 e. The maximum Gasteiger partial charge on any atom is 0.332 e. The number of aromatic nitrogens is 2. The summed E-state index contributed by atoms with van der Waals surface area (Å²) in [6, 6.07) is 9.33. The number of nitrogens with two attached hydrogens (primary N) is 1. The van der Waals surface area contributed by atoms with Gasteiger partial charge < -0.3 is 11.1 Å². The van der Waals surface area contributed by atoms with Crippen molar-refractivity contribution in [3.63, 3.8) is 0 Å². The molecule has 0 aliphatic carbocycles. The summed E-state index contributed by atoms with van der Waals surface area (Å²) >= 11 is 0. The van der Waals surface area contributed by atoms with Gasteiger partial charge in [-0.05, 0) is 45.3 Å². The molecule has 172 valence electrons. The lowest BCUT2D eigenvalue weighted by atomic mass is 9.95. The van der Waals surface area contributed by atoms with Gasteiger partial charge in [0.25, 0.3) is 5.56 Å². The molecule has 1 saturated heterocycles. The number of hydrogen-bond donors (Lipinski definition) is 2. The van der Waals surface area contributed by atoms with Gasteiger partial charge in [-0.25, -0.2) is 4.79 Å². The van der Waals surface area contributed by atoms with Crippen LogP contribution in [0.2, 0.25) is 0 Å². The predicted molar refractivity (Wildman–Crippen MR) is 123 cm³/mol. The summed E-state index contributed by atoms with van der Waals surface area (Å²) in [5, 5.41) is 2.93. The van der Waals surface area contributed by atoms with E-state index in [0.717, 1.165) is 10.1 Å². The smallest absolute Gasteiger partial charge is 0.332 e. The van der Waals surface area contributed by atoms with Crippen molar-refractivity contribution in [3.8, 4) is 0 Å². The first-order valence-corrected chi connectivity index (χ1v) is 10.9. The molecule has 2 heterocycles. The highest BCUT2D eigenvalue weighted by molar-refractivity contribution is 6.01. The quantitative estimate of drug-likeness (QED) is 0.607. The van der Waals surface area contributed by atoms with Crippen LogP contribution in [0.5, 0.6) is 0 Å². The Bertz CT molecular complexity index is 1100. The Kier molecular flexibility index (Phi) is 7.29. The van der Waals surface area contributed by atoms with Gasteiger partial charge in [-0.2, -0.15) is 0 Å². The minimum atomic E-state index is -0.687. The van der Waals surface area contributed by atoms with E-state index in [2.05, 4.69) is 5.32 Å². The normalized spacial score (nSPS) is 15.1. The number of nitrogens with zero attached hydrogens (tertiary/aromatic N) is 3. The standard InChI is InChI=1S/C23H31N5O4/c1-15(2)25-21(30)17-9-11-27(12-10-17)14-18(29)19-20(24)28(23(32)26(3)22(19)31)13-16-7-5-4-6-8-16/h4-8,15,17H,9-14,24H2,1-3H3,(H,25,30). The highest BCUT2D eigenvalue weighted by atomic mass is 16.2. The Balaban J connectivity index is 1.76. The first-order chi connectivity index (χ1) is 15.2. The molecule has 1 aliphatic heterocycles. The number of ketones is 1. The number of nitrogen functional groups attached to an aromatic ring is 1. The molecule has 0 spiro atoms. The fraction of sp³-hybridized carbons (Fsp3) is 0.478. The van der Waals surface area contributed by atoms with Gasteiger partial charge in [-0.3, -0.25) is 28.4 Å². The second-order valence-electron chi connectivity index (χ2n) is 8.62. The molecule has 9 heteroatoms. The predicted octanol–water partition coefficient (Wildman–Crippen LogP) is 0.597. The minimum absolute atomic E-state index is 0.0154.